The Morgan fingerprint density at radius 2 is 1.79 bits per heavy atom. The Morgan fingerprint density at radius 1 is 1.16 bits per heavy atom. The molecule has 1 aliphatic carbocycles. The molecule has 1 aromatic carbocycles. The van der Waals surface area contributed by atoms with Crippen molar-refractivity contribution >= 4 is 23.4 Å². The first-order chi connectivity index (χ1) is 9.29. The van der Waals surface area contributed by atoms with Gasteiger partial charge >= 0.3 is 0 Å². The number of hydrogen-bond donors (Lipinski definition) is 1. The molecule has 1 aliphatic rings. The molecule has 1 saturated carbocycles. The lowest BCUT2D eigenvalue weighted by Gasteiger charge is -2.25. The van der Waals surface area contributed by atoms with E-state index in [1.807, 2.05) is 23.9 Å². The summed E-state index contributed by atoms with van der Waals surface area (Å²) in [4.78, 5) is 1.32. The minimum absolute atomic E-state index is 0.638. The van der Waals surface area contributed by atoms with Crippen molar-refractivity contribution in [1.82, 2.24) is 5.32 Å². The molecule has 1 atom stereocenters. The Hall–Kier alpha value is -0.180. The SMILES string of the molecule is CNC(CSc1ccc(Cl)cc1)C1CCCCCC1. The maximum absolute atomic E-state index is 5.92. The monoisotopic (exact) mass is 297 g/mol. The van der Waals surface area contributed by atoms with Crippen LogP contribution in [-0.2, 0) is 0 Å². The second-order valence-electron chi connectivity index (χ2n) is 5.41. The third-order valence-corrected chi connectivity index (χ3v) is 5.47. The number of thioether (sulfide) groups is 1. The maximum atomic E-state index is 5.92. The molecule has 0 saturated heterocycles. The summed E-state index contributed by atoms with van der Waals surface area (Å²) in [7, 11) is 2.11. The van der Waals surface area contributed by atoms with Gasteiger partial charge in [-0.1, -0.05) is 37.3 Å². The highest BCUT2D eigenvalue weighted by atomic mass is 35.5. The molecule has 106 valence electrons. The lowest BCUT2D eigenvalue weighted by atomic mass is 9.93. The molecular formula is C16H24ClNS. The van der Waals surface area contributed by atoms with Crippen LogP contribution in [0.3, 0.4) is 0 Å². The van der Waals surface area contributed by atoms with Gasteiger partial charge in [0.25, 0.3) is 0 Å². The second kappa shape index (κ2) is 8.18. The van der Waals surface area contributed by atoms with Gasteiger partial charge in [-0.2, -0.15) is 0 Å². The van der Waals surface area contributed by atoms with Crippen molar-refractivity contribution in [2.45, 2.75) is 49.5 Å². The van der Waals surface area contributed by atoms with Gasteiger partial charge in [0.1, 0.15) is 0 Å². The molecule has 1 nitrogen and oxygen atoms in total. The Balaban J connectivity index is 1.85. The van der Waals surface area contributed by atoms with Gasteiger partial charge in [0.2, 0.25) is 0 Å². The molecule has 0 amide bonds. The van der Waals surface area contributed by atoms with E-state index in [0.29, 0.717) is 6.04 Å². The van der Waals surface area contributed by atoms with Gasteiger partial charge in [0.15, 0.2) is 0 Å². The number of halogens is 1. The molecule has 0 aromatic heterocycles. The summed E-state index contributed by atoms with van der Waals surface area (Å²) >= 11 is 7.86. The molecule has 1 unspecified atom stereocenters. The quantitative estimate of drug-likeness (QED) is 0.607. The van der Waals surface area contributed by atoms with E-state index < -0.39 is 0 Å². The summed E-state index contributed by atoms with van der Waals surface area (Å²) < 4.78 is 0. The van der Waals surface area contributed by atoms with Crippen LogP contribution in [0.2, 0.25) is 5.02 Å². The molecular weight excluding hydrogens is 274 g/mol. The van der Waals surface area contributed by atoms with Crippen molar-refractivity contribution < 1.29 is 0 Å². The molecule has 1 aromatic rings. The van der Waals surface area contributed by atoms with E-state index in [2.05, 4.69) is 24.5 Å². The molecule has 0 bridgehead atoms. The summed E-state index contributed by atoms with van der Waals surface area (Å²) in [5, 5.41) is 4.35. The van der Waals surface area contributed by atoms with Crippen LogP contribution in [0.4, 0.5) is 0 Å². The van der Waals surface area contributed by atoms with Crippen molar-refractivity contribution in [3.05, 3.63) is 29.3 Å². The summed E-state index contributed by atoms with van der Waals surface area (Å²) in [5.41, 5.74) is 0. The van der Waals surface area contributed by atoms with Gasteiger partial charge in [-0.25, -0.2) is 0 Å². The molecule has 1 N–H and O–H groups in total. The lowest BCUT2D eigenvalue weighted by molar-refractivity contribution is 0.359. The fourth-order valence-corrected chi connectivity index (χ4v) is 4.15. The average molecular weight is 298 g/mol. The summed E-state index contributed by atoms with van der Waals surface area (Å²) in [6.07, 6.45) is 8.47. The smallest absolute Gasteiger partial charge is 0.0406 e. The highest BCUT2D eigenvalue weighted by Crippen LogP contribution is 2.29. The predicted molar refractivity (Wildman–Crippen MR) is 86.2 cm³/mol. The van der Waals surface area contributed by atoms with E-state index in [1.165, 1.54) is 43.4 Å². The Morgan fingerprint density at radius 3 is 2.37 bits per heavy atom. The maximum Gasteiger partial charge on any atom is 0.0406 e. The third-order valence-electron chi connectivity index (χ3n) is 4.08. The van der Waals surface area contributed by atoms with Crippen molar-refractivity contribution in [1.29, 1.82) is 0 Å². The van der Waals surface area contributed by atoms with E-state index >= 15 is 0 Å². The average Bonchev–Trinajstić information content (AvgIpc) is 2.71. The van der Waals surface area contributed by atoms with Gasteiger partial charge in [-0.05, 0) is 50.1 Å². The van der Waals surface area contributed by atoms with Gasteiger partial charge in [-0.3, -0.25) is 0 Å². The standard InChI is InChI=1S/C16H24ClNS/c1-18-16(13-6-4-2-3-5-7-13)12-19-15-10-8-14(17)9-11-15/h8-11,13,16,18H,2-7,12H2,1H3. The van der Waals surface area contributed by atoms with Gasteiger partial charge in [0.05, 0.1) is 0 Å². The van der Waals surface area contributed by atoms with Crippen LogP contribution in [0.15, 0.2) is 29.2 Å². The minimum atomic E-state index is 0.638. The first-order valence-electron chi connectivity index (χ1n) is 7.35. The normalized spacial score (nSPS) is 19.1. The first kappa shape index (κ1) is 15.2. The van der Waals surface area contributed by atoms with Crippen molar-refractivity contribution in [3.63, 3.8) is 0 Å². The molecule has 0 spiro atoms. The Bertz CT molecular complexity index is 358. The fraction of sp³-hybridized carbons (Fsp3) is 0.625. The number of hydrogen-bond acceptors (Lipinski definition) is 2. The fourth-order valence-electron chi connectivity index (χ4n) is 2.89. The highest BCUT2D eigenvalue weighted by Gasteiger charge is 2.21. The van der Waals surface area contributed by atoms with Crippen LogP contribution in [0.25, 0.3) is 0 Å². The molecule has 0 radical (unpaired) electrons. The summed E-state index contributed by atoms with van der Waals surface area (Å²) in [6.45, 7) is 0. The van der Waals surface area contributed by atoms with E-state index in [9.17, 15) is 0 Å². The molecule has 1 fully saturated rings. The molecule has 3 heteroatoms. The molecule has 19 heavy (non-hydrogen) atoms. The van der Waals surface area contributed by atoms with Crippen LogP contribution in [0.1, 0.15) is 38.5 Å². The molecule has 0 heterocycles. The number of benzene rings is 1. The minimum Gasteiger partial charge on any atom is -0.316 e. The second-order valence-corrected chi connectivity index (χ2v) is 6.94. The summed E-state index contributed by atoms with van der Waals surface area (Å²) in [5.74, 6) is 2.01. The largest absolute Gasteiger partial charge is 0.316 e. The van der Waals surface area contributed by atoms with Crippen LogP contribution >= 0.6 is 23.4 Å². The van der Waals surface area contributed by atoms with Crippen LogP contribution in [0.5, 0.6) is 0 Å². The van der Waals surface area contributed by atoms with E-state index in [0.717, 1.165) is 16.7 Å². The lowest BCUT2D eigenvalue weighted by Crippen LogP contribution is -2.35. The zero-order valence-corrected chi connectivity index (χ0v) is 13.3. The summed E-state index contributed by atoms with van der Waals surface area (Å²) in [6, 6.07) is 8.83. The van der Waals surface area contributed by atoms with Crippen LogP contribution in [0, 0.1) is 5.92 Å². The zero-order chi connectivity index (χ0) is 13.5. The van der Waals surface area contributed by atoms with E-state index in [1.54, 1.807) is 0 Å². The van der Waals surface area contributed by atoms with Gasteiger partial charge in [-0.15, -0.1) is 11.8 Å². The van der Waals surface area contributed by atoms with Crippen molar-refractivity contribution in [2.24, 2.45) is 5.92 Å². The van der Waals surface area contributed by atoms with Crippen molar-refractivity contribution in [3.8, 4) is 0 Å². The van der Waals surface area contributed by atoms with Crippen LogP contribution in [-0.4, -0.2) is 18.8 Å². The predicted octanol–water partition coefficient (Wildman–Crippen LogP) is 4.99. The zero-order valence-electron chi connectivity index (χ0n) is 11.7. The van der Waals surface area contributed by atoms with Crippen LogP contribution < -0.4 is 5.32 Å². The Labute approximate surface area is 126 Å². The highest BCUT2D eigenvalue weighted by molar-refractivity contribution is 7.99. The topological polar surface area (TPSA) is 12.0 Å². The van der Waals surface area contributed by atoms with E-state index in [-0.39, 0.29) is 0 Å². The first-order valence-corrected chi connectivity index (χ1v) is 8.71. The Kier molecular flexibility index (Phi) is 6.55. The van der Waals surface area contributed by atoms with E-state index in [4.69, 9.17) is 11.6 Å². The number of rotatable bonds is 5. The third kappa shape index (κ3) is 5.02. The number of nitrogens with one attached hydrogen (secondary N) is 1. The van der Waals surface area contributed by atoms with Gasteiger partial charge in [0, 0.05) is 21.7 Å². The molecule has 2 rings (SSSR count). The molecule has 0 aliphatic heterocycles. The van der Waals surface area contributed by atoms with Gasteiger partial charge < -0.3 is 5.32 Å². The van der Waals surface area contributed by atoms with Crippen molar-refractivity contribution in [2.75, 3.05) is 12.8 Å².